The Hall–Kier alpha value is -1.37. The average Bonchev–Trinajstić information content (AvgIpc) is 2.17. The van der Waals surface area contributed by atoms with Gasteiger partial charge in [-0.2, -0.15) is 0 Å². The van der Waals surface area contributed by atoms with Gasteiger partial charge in [0, 0.05) is 11.1 Å². The Morgan fingerprint density at radius 1 is 1.14 bits per heavy atom. The number of benzene rings is 1. The van der Waals surface area contributed by atoms with E-state index in [9.17, 15) is 0 Å². The summed E-state index contributed by atoms with van der Waals surface area (Å²) in [7, 11) is 0. The molecule has 0 saturated carbocycles. The van der Waals surface area contributed by atoms with Gasteiger partial charge in [-0.25, -0.2) is 0 Å². The molecule has 0 saturated heterocycles. The molecule has 0 aliphatic heterocycles. The number of hydrogen-bond donors (Lipinski definition) is 0. The number of aryl methyl sites for hydroxylation is 3. The minimum atomic E-state index is 1.06. The van der Waals surface area contributed by atoms with E-state index in [1.54, 1.807) is 0 Å². The lowest BCUT2D eigenvalue weighted by atomic mass is 10.1. The van der Waals surface area contributed by atoms with Gasteiger partial charge in [-0.3, -0.25) is 4.98 Å². The van der Waals surface area contributed by atoms with Crippen molar-refractivity contribution < 1.29 is 0 Å². The molecule has 0 spiro atoms. The summed E-state index contributed by atoms with van der Waals surface area (Å²) in [6, 6.07) is 8.66. The first-order valence-corrected chi connectivity index (χ1v) is 5.07. The predicted molar refractivity (Wildman–Crippen MR) is 60.6 cm³/mol. The van der Waals surface area contributed by atoms with Crippen molar-refractivity contribution in [2.24, 2.45) is 0 Å². The zero-order valence-electron chi connectivity index (χ0n) is 8.96. The maximum absolute atomic E-state index is 4.59. The molecule has 0 aliphatic carbocycles. The van der Waals surface area contributed by atoms with E-state index in [2.05, 4.69) is 50.0 Å². The Kier molecular flexibility index (Phi) is 2.24. The summed E-state index contributed by atoms with van der Waals surface area (Å²) in [5.74, 6) is 0. The Balaban J connectivity index is 2.73. The van der Waals surface area contributed by atoms with E-state index >= 15 is 0 Å². The van der Waals surface area contributed by atoms with Gasteiger partial charge in [-0.05, 0) is 44.0 Å². The van der Waals surface area contributed by atoms with Gasteiger partial charge in [0.15, 0.2) is 0 Å². The van der Waals surface area contributed by atoms with Gasteiger partial charge in [0.25, 0.3) is 0 Å². The summed E-state index contributed by atoms with van der Waals surface area (Å²) in [4.78, 5) is 4.59. The van der Waals surface area contributed by atoms with Crippen LogP contribution in [-0.2, 0) is 6.42 Å². The third-order valence-corrected chi connectivity index (χ3v) is 2.65. The van der Waals surface area contributed by atoms with E-state index in [1.807, 2.05) is 0 Å². The van der Waals surface area contributed by atoms with Crippen molar-refractivity contribution in [1.82, 2.24) is 4.98 Å². The van der Waals surface area contributed by atoms with Gasteiger partial charge in [0.2, 0.25) is 0 Å². The molecule has 0 radical (unpaired) electrons. The number of fused-ring (bicyclic) bond motifs is 1. The molecule has 2 rings (SSSR count). The van der Waals surface area contributed by atoms with Gasteiger partial charge in [0.05, 0.1) is 5.52 Å². The minimum absolute atomic E-state index is 1.06. The second kappa shape index (κ2) is 3.41. The molecule has 0 atom stereocenters. The van der Waals surface area contributed by atoms with E-state index in [0.717, 1.165) is 17.6 Å². The zero-order chi connectivity index (χ0) is 10.1. The SMILES string of the molecule is CCc1cc2cc(C)ccc2nc1C. The van der Waals surface area contributed by atoms with Crippen molar-refractivity contribution in [3.8, 4) is 0 Å². The van der Waals surface area contributed by atoms with Crippen LogP contribution in [0.25, 0.3) is 10.9 Å². The van der Waals surface area contributed by atoms with Crippen molar-refractivity contribution in [3.05, 3.63) is 41.1 Å². The van der Waals surface area contributed by atoms with Crippen LogP contribution in [0.5, 0.6) is 0 Å². The lowest BCUT2D eigenvalue weighted by Gasteiger charge is -2.05. The lowest BCUT2D eigenvalue weighted by molar-refractivity contribution is 1.07. The molecular formula is C13H15N. The van der Waals surface area contributed by atoms with Crippen molar-refractivity contribution in [2.75, 3.05) is 0 Å². The molecule has 1 heterocycles. The van der Waals surface area contributed by atoms with Crippen molar-refractivity contribution in [3.63, 3.8) is 0 Å². The summed E-state index contributed by atoms with van der Waals surface area (Å²) >= 11 is 0. The first kappa shape index (κ1) is 9.20. The van der Waals surface area contributed by atoms with Gasteiger partial charge in [-0.1, -0.05) is 18.6 Å². The molecule has 1 aromatic heterocycles. The highest BCUT2D eigenvalue weighted by Gasteiger charge is 2.01. The predicted octanol–water partition coefficient (Wildman–Crippen LogP) is 3.41. The second-order valence-electron chi connectivity index (χ2n) is 3.78. The fourth-order valence-corrected chi connectivity index (χ4v) is 1.79. The summed E-state index contributed by atoms with van der Waals surface area (Å²) in [5, 5.41) is 1.26. The molecule has 1 aromatic carbocycles. The van der Waals surface area contributed by atoms with Crippen LogP contribution in [-0.4, -0.2) is 4.98 Å². The van der Waals surface area contributed by atoms with E-state index in [1.165, 1.54) is 16.5 Å². The van der Waals surface area contributed by atoms with Gasteiger partial charge < -0.3 is 0 Å². The maximum atomic E-state index is 4.59. The molecule has 0 fully saturated rings. The highest BCUT2D eigenvalue weighted by molar-refractivity contribution is 5.80. The molecule has 0 bridgehead atoms. The van der Waals surface area contributed by atoms with E-state index in [4.69, 9.17) is 0 Å². The Labute approximate surface area is 84.8 Å². The summed E-state index contributed by atoms with van der Waals surface area (Å²) < 4.78 is 0. The first-order valence-electron chi connectivity index (χ1n) is 5.07. The molecular weight excluding hydrogens is 170 g/mol. The highest BCUT2D eigenvalue weighted by atomic mass is 14.7. The largest absolute Gasteiger partial charge is 0.253 e. The van der Waals surface area contributed by atoms with Crippen LogP contribution in [0, 0.1) is 13.8 Å². The standard InChI is InChI=1S/C13H15N/c1-4-11-8-12-7-9(2)5-6-13(12)14-10(11)3/h5-8H,4H2,1-3H3. The highest BCUT2D eigenvalue weighted by Crippen LogP contribution is 2.18. The van der Waals surface area contributed by atoms with Gasteiger partial charge >= 0.3 is 0 Å². The smallest absolute Gasteiger partial charge is 0.0705 e. The van der Waals surface area contributed by atoms with Crippen molar-refractivity contribution in [1.29, 1.82) is 0 Å². The quantitative estimate of drug-likeness (QED) is 0.663. The molecule has 0 amide bonds. The van der Waals surface area contributed by atoms with E-state index < -0.39 is 0 Å². The first-order chi connectivity index (χ1) is 6.70. The van der Waals surface area contributed by atoms with Crippen molar-refractivity contribution >= 4 is 10.9 Å². The van der Waals surface area contributed by atoms with Crippen LogP contribution in [0.4, 0.5) is 0 Å². The molecule has 14 heavy (non-hydrogen) atoms. The summed E-state index contributed by atoms with van der Waals surface area (Å²) in [6.45, 7) is 6.37. The maximum Gasteiger partial charge on any atom is 0.0705 e. The van der Waals surface area contributed by atoms with Crippen LogP contribution in [0.3, 0.4) is 0 Å². The minimum Gasteiger partial charge on any atom is -0.253 e. The van der Waals surface area contributed by atoms with E-state index in [-0.39, 0.29) is 0 Å². The second-order valence-corrected chi connectivity index (χ2v) is 3.78. The molecule has 0 N–H and O–H groups in total. The fraction of sp³-hybridized carbons (Fsp3) is 0.308. The number of aromatic nitrogens is 1. The molecule has 0 aliphatic rings. The van der Waals surface area contributed by atoms with E-state index in [0.29, 0.717) is 0 Å². The topological polar surface area (TPSA) is 12.9 Å². The number of rotatable bonds is 1. The van der Waals surface area contributed by atoms with Crippen LogP contribution >= 0.6 is 0 Å². The molecule has 72 valence electrons. The number of hydrogen-bond acceptors (Lipinski definition) is 1. The Morgan fingerprint density at radius 3 is 2.64 bits per heavy atom. The zero-order valence-corrected chi connectivity index (χ0v) is 8.96. The Bertz CT molecular complexity index is 472. The average molecular weight is 185 g/mol. The van der Waals surface area contributed by atoms with Gasteiger partial charge in [0.1, 0.15) is 0 Å². The molecule has 0 unspecified atom stereocenters. The third kappa shape index (κ3) is 1.50. The Morgan fingerprint density at radius 2 is 1.93 bits per heavy atom. The van der Waals surface area contributed by atoms with Crippen LogP contribution in [0.1, 0.15) is 23.7 Å². The van der Waals surface area contributed by atoms with Crippen molar-refractivity contribution in [2.45, 2.75) is 27.2 Å². The van der Waals surface area contributed by atoms with Crippen LogP contribution < -0.4 is 0 Å². The molecule has 2 aromatic rings. The van der Waals surface area contributed by atoms with Crippen LogP contribution in [0.15, 0.2) is 24.3 Å². The third-order valence-electron chi connectivity index (χ3n) is 2.65. The summed E-state index contributed by atoms with van der Waals surface area (Å²) in [6.07, 6.45) is 1.06. The fourth-order valence-electron chi connectivity index (χ4n) is 1.79. The molecule has 1 heteroatoms. The van der Waals surface area contributed by atoms with Gasteiger partial charge in [-0.15, -0.1) is 0 Å². The number of pyridine rings is 1. The normalized spacial score (nSPS) is 10.8. The lowest BCUT2D eigenvalue weighted by Crippen LogP contribution is -1.92. The number of nitrogens with zero attached hydrogens (tertiary/aromatic N) is 1. The van der Waals surface area contributed by atoms with Crippen LogP contribution in [0.2, 0.25) is 0 Å². The molecule has 1 nitrogen and oxygen atoms in total. The monoisotopic (exact) mass is 185 g/mol. The summed E-state index contributed by atoms with van der Waals surface area (Å²) in [5.41, 5.74) is 4.91.